The van der Waals surface area contributed by atoms with Crippen molar-refractivity contribution in [3.05, 3.63) is 40.2 Å². The van der Waals surface area contributed by atoms with E-state index in [9.17, 15) is 12.8 Å². The molecule has 0 fully saturated rings. The Morgan fingerprint density at radius 3 is 2.86 bits per heavy atom. The van der Waals surface area contributed by atoms with Crippen molar-refractivity contribution in [1.29, 1.82) is 0 Å². The van der Waals surface area contributed by atoms with Crippen LogP contribution in [0.2, 0.25) is 0 Å². The van der Waals surface area contributed by atoms with Crippen LogP contribution in [0, 0.1) is 5.82 Å². The van der Waals surface area contributed by atoms with E-state index in [4.69, 9.17) is 0 Å². The molecule has 0 radical (unpaired) electrons. The number of nitrogens with one attached hydrogen (secondary N) is 3. The average Bonchev–Trinajstić information content (AvgIpc) is 2.89. The summed E-state index contributed by atoms with van der Waals surface area (Å²) in [5.41, 5.74) is 0.790. The lowest BCUT2D eigenvalue weighted by molar-refractivity contribution is 0.594. The lowest BCUT2D eigenvalue weighted by Crippen LogP contribution is -2.18. The maximum Gasteiger partial charge on any atom is 0.279 e. The first-order valence-electron chi connectivity index (χ1n) is 6.15. The van der Waals surface area contributed by atoms with E-state index in [1.807, 2.05) is 6.92 Å². The molecule has 0 amide bonds. The van der Waals surface area contributed by atoms with Crippen LogP contribution in [0.5, 0.6) is 0 Å². The highest BCUT2D eigenvalue weighted by Crippen LogP contribution is 2.23. The lowest BCUT2D eigenvalue weighted by atomic mass is 10.3. The molecule has 3 N–H and O–H groups in total. The van der Waals surface area contributed by atoms with E-state index in [0.717, 1.165) is 0 Å². The summed E-state index contributed by atoms with van der Waals surface area (Å²) in [4.78, 5) is 0. The van der Waals surface area contributed by atoms with E-state index < -0.39 is 15.8 Å². The number of aromatic amines is 1. The second-order valence-electron chi connectivity index (χ2n) is 4.24. The predicted molar refractivity (Wildman–Crippen MR) is 80.9 cm³/mol. The Morgan fingerprint density at radius 1 is 1.43 bits per heavy atom. The molecule has 1 aromatic carbocycles. The van der Waals surface area contributed by atoms with Crippen LogP contribution in [-0.4, -0.2) is 25.2 Å². The molecule has 1 heterocycles. The molecule has 0 bridgehead atoms. The third kappa shape index (κ3) is 3.80. The van der Waals surface area contributed by atoms with Crippen LogP contribution in [0.25, 0.3) is 0 Å². The van der Waals surface area contributed by atoms with Crippen LogP contribution in [0.3, 0.4) is 0 Å². The first kappa shape index (κ1) is 15.9. The summed E-state index contributed by atoms with van der Waals surface area (Å²) in [6.07, 6.45) is 1.46. The molecule has 1 aromatic heterocycles. The van der Waals surface area contributed by atoms with Crippen LogP contribution in [-0.2, 0) is 16.6 Å². The minimum Gasteiger partial charge on any atom is -0.313 e. The fourth-order valence-electron chi connectivity index (χ4n) is 1.68. The standard InChI is InChI=1S/C12H14BrFN4O2S/c1-2-15-6-8-7-16-17-12(8)21(19,20)18-9-3-4-11(14)10(13)5-9/h3-5,7,15,18H,2,6H2,1H3,(H,16,17). The highest BCUT2D eigenvalue weighted by Gasteiger charge is 2.21. The molecule has 9 heteroatoms. The second-order valence-corrected chi connectivity index (χ2v) is 6.71. The summed E-state index contributed by atoms with van der Waals surface area (Å²) in [7, 11) is -3.81. The van der Waals surface area contributed by atoms with Gasteiger partial charge in [0.25, 0.3) is 10.0 Å². The zero-order valence-electron chi connectivity index (χ0n) is 11.2. The van der Waals surface area contributed by atoms with Gasteiger partial charge in [0.2, 0.25) is 0 Å². The average molecular weight is 377 g/mol. The summed E-state index contributed by atoms with van der Waals surface area (Å²) in [5.74, 6) is -0.465. The van der Waals surface area contributed by atoms with Crippen molar-refractivity contribution in [2.45, 2.75) is 18.5 Å². The van der Waals surface area contributed by atoms with E-state index >= 15 is 0 Å². The van der Waals surface area contributed by atoms with Crippen LogP contribution >= 0.6 is 15.9 Å². The Labute approximate surface area is 130 Å². The van der Waals surface area contributed by atoms with E-state index in [1.165, 1.54) is 24.4 Å². The third-order valence-electron chi connectivity index (χ3n) is 2.68. The highest BCUT2D eigenvalue weighted by molar-refractivity contribution is 9.10. The summed E-state index contributed by atoms with van der Waals surface area (Å²) in [5, 5.41) is 9.26. The van der Waals surface area contributed by atoms with Gasteiger partial charge in [-0.05, 0) is 40.7 Å². The van der Waals surface area contributed by atoms with Gasteiger partial charge in [-0.15, -0.1) is 0 Å². The topological polar surface area (TPSA) is 86.9 Å². The number of halogens is 2. The number of hydrogen-bond donors (Lipinski definition) is 3. The van der Waals surface area contributed by atoms with Crippen LogP contribution < -0.4 is 10.0 Å². The molecule has 21 heavy (non-hydrogen) atoms. The van der Waals surface area contributed by atoms with Crippen LogP contribution in [0.1, 0.15) is 12.5 Å². The lowest BCUT2D eigenvalue weighted by Gasteiger charge is -2.09. The molecule has 0 saturated carbocycles. The van der Waals surface area contributed by atoms with Crippen LogP contribution in [0.15, 0.2) is 33.9 Å². The number of sulfonamides is 1. The fourth-order valence-corrected chi connectivity index (χ4v) is 3.24. The van der Waals surface area contributed by atoms with Crippen molar-refractivity contribution in [2.24, 2.45) is 0 Å². The van der Waals surface area contributed by atoms with Crippen molar-refractivity contribution in [2.75, 3.05) is 11.3 Å². The number of anilines is 1. The molecule has 0 saturated heterocycles. The summed E-state index contributed by atoms with van der Waals surface area (Å²) in [6, 6.07) is 3.87. The highest BCUT2D eigenvalue weighted by atomic mass is 79.9. The smallest absolute Gasteiger partial charge is 0.279 e. The maximum atomic E-state index is 13.2. The molecular weight excluding hydrogens is 363 g/mol. The zero-order chi connectivity index (χ0) is 15.5. The van der Waals surface area contributed by atoms with Crippen molar-refractivity contribution in [1.82, 2.24) is 15.5 Å². The molecule has 6 nitrogen and oxygen atoms in total. The Hall–Kier alpha value is -1.45. The molecule has 0 atom stereocenters. The number of hydrogen-bond acceptors (Lipinski definition) is 4. The van der Waals surface area contributed by atoms with Gasteiger partial charge in [-0.1, -0.05) is 6.92 Å². The van der Waals surface area contributed by atoms with Crippen LogP contribution in [0.4, 0.5) is 10.1 Å². The van der Waals surface area contributed by atoms with Crippen molar-refractivity contribution < 1.29 is 12.8 Å². The summed E-state index contributed by atoms with van der Waals surface area (Å²) in [6.45, 7) is 3.02. The number of benzene rings is 1. The Kier molecular flexibility index (Phi) is 4.96. The number of rotatable bonds is 6. The molecule has 2 aromatic rings. The largest absolute Gasteiger partial charge is 0.313 e. The number of nitrogens with zero attached hydrogens (tertiary/aromatic N) is 1. The zero-order valence-corrected chi connectivity index (χ0v) is 13.6. The first-order valence-corrected chi connectivity index (χ1v) is 8.42. The van der Waals surface area contributed by atoms with Gasteiger partial charge in [0.1, 0.15) is 5.82 Å². The van der Waals surface area contributed by atoms with E-state index in [2.05, 4.69) is 36.2 Å². The van der Waals surface area contributed by atoms with E-state index in [1.54, 1.807) is 0 Å². The minimum atomic E-state index is -3.81. The van der Waals surface area contributed by atoms with E-state index in [0.29, 0.717) is 18.7 Å². The van der Waals surface area contributed by atoms with Gasteiger partial charge in [0, 0.05) is 12.1 Å². The Balaban J connectivity index is 2.26. The molecule has 0 aliphatic rings. The third-order valence-corrected chi connectivity index (χ3v) is 4.69. The molecule has 0 aliphatic heterocycles. The Morgan fingerprint density at radius 2 is 2.19 bits per heavy atom. The van der Waals surface area contributed by atoms with E-state index in [-0.39, 0.29) is 15.2 Å². The van der Waals surface area contributed by atoms with Gasteiger partial charge >= 0.3 is 0 Å². The summed E-state index contributed by atoms with van der Waals surface area (Å²) < 4.78 is 40.4. The summed E-state index contributed by atoms with van der Waals surface area (Å²) >= 11 is 3.01. The number of H-pyrrole nitrogens is 1. The molecule has 2 rings (SSSR count). The Bertz CT molecular complexity index is 733. The molecule has 114 valence electrons. The van der Waals surface area contributed by atoms with Crippen molar-refractivity contribution in [3.63, 3.8) is 0 Å². The van der Waals surface area contributed by atoms with Gasteiger partial charge in [-0.2, -0.15) is 13.5 Å². The van der Waals surface area contributed by atoms with Gasteiger partial charge < -0.3 is 5.32 Å². The maximum absolute atomic E-state index is 13.2. The van der Waals surface area contributed by atoms with Gasteiger partial charge in [0.15, 0.2) is 5.03 Å². The van der Waals surface area contributed by atoms with Crippen molar-refractivity contribution in [3.8, 4) is 0 Å². The molecule has 0 aliphatic carbocycles. The fraction of sp³-hybridized carbons (Fsp3) is 0.250. The molecule has 0 spiro atoms. The predicted octanol–water partition coefficient (Wildman–Crippen LogP) is 2.22. The van der Waals surface area contributed by atoms with Gasteiger partial charge in [0.05, 0.1) is 16.4 Å². The van der Waals surface area contributed by atoms with Crippen molar-refractivity contribution >= 4 is 31.6 Å². The SMILES string of the molecule is CCNCc1cn[nH]c1S(=O)(=O)Nc1ccc(F)c(Br)c1. The normalized spacial score (nSPS) is 11.6. The first-order chi connectivity index (χ1) is 9.94. The quantitative estimate of drug-likeness (QED) is 0.721. The molecular formula is C12H14BrFN4O2S. The monoisotopic (exact) mass is 376 g/mol. The molecule has 0 unspecified atom stereocenters. The number of aromatic nitrogens is 2. The second kappa shape index (κ2) is 6.54. The van der Waals surface area contributed by atoms with Gasteiger partial charge in [-0.3, -0.25) is 9.82 Å². The minimum absolute atomic E-state index is 0.0103. The van der Waals surface area contributed by atoms with Gasteiger partial charge in [-0.25, -0.2) is 4.39 Å².